The van der Waals surface area contributed by atoms with E-state index >= 15 is 0 Å². The Morgan fingerprint density at radius 2 is 1.81 bits per heavy atom. The first-order valence-electron chi connectivity index (χ1n) is 7.95. The molecule has 3 aromatic rings. The molecule has 27 heavy (non-hydrogen) atoms. The number of halogens is 4. The molecule has 0 saturated carbocycles. The summed E-state index contributed by atoms with van der Waals surface area (Å²) in [6.45, 7) is -0.455. The van der Waals surface area contributed by atoms with Crippen molar-refractivity contribution in [2.75, 3.05) is 6.54 Å². The monoisotopic (exact) mass is 378 g/mol. The van der Waals surface area contributed by atoms with Gasteiger partial charge < -0.3 is 10.4 Å². The molecule has 4 nitrogen and oxygen atoms in total. The van der Waals surface area contributed by atoms with Gasteiger partial charge in [0, 0.05) is 11.9 Å². The number of alkyl halides is 3. The molecule has 0 spiro atoms. The molecule has 1 heterocycles. The lowest BCUT2D eigenvalue weighted by molar-refractivity contribution is -0.139. The molecular formula is C19H14F4N2O2. The van der Waals surface area contributed by atoms with Gasteiger partial charge in [-0.1, -0.05) is 36.4 Å². The molecule has 1 aromatic heterocycles. The number of aromatic nitrogens is 1. The Morgan fingerprint density at radius 1 is 1.07 bits per heavy atom. The summed E-state index contributed by atoms with van der Waals surface area (Å²) in [5, 5.41) is 12.9. The van der Waals surface area contributed by atoms with Crippen LogP contribution in [-0.2, 0) is 6.18 Å². The van der Waals surface area contributed by atoms with Gasteiger partial charge in [0.2, 0.25) is 0 Å². The van der Waals surface area contributed by atoms with E-state index in [1.807, 2.05) is 0 Å². The van der Waals surface area contributed by atoms with Crippen LogP contribution in [0.2, 0.25) is 0 Å². The quantitative estimate of drug-likeness (QED) is 0.678. The maximum atomic E-state index is 13.8. The third-order valence-corrected chi connectivity index (χ3v) is 3.98. The first-order valence-corrected chi connectivity index (χ1v) is 7.95. The third kappa shape index (κ3) is 4.06. The summed E-state index contributed by atoms with van der Waals surface area (Å²) in [6.07, 6.45) is -6.19. The molecule has 2 aromatic carbocycles. The highest BCUT2D eigenvalue weighted by molar-refractivity contribution is 5.94. The van der Waals surface area contributed by atoms with Crippen molar-refractivity contribution in [2.24, 2.45) is 0 Å². The molecule has 8 heteroatoms. The fourth-order valence-electron chi connectivity index (χ4n) is 2.67. The van der Waals surface area contributed by atoms with E-state index in [-0.39, 0.29) is 16.8 Å². The molecule has 1 atom stereocenters. The maximum Gasteiger partial charge on any atom is 0.416 e. The van der Waals surface area contributed by atoms with E-state index in [1.165, 1.54) is 36.4 Å². The van der Waals surface area contributed by atoms with Gasteiger partial charge in [-0.15, -0.1) is 0 Å². The number of pyridine rings is 1. The zero-order valence-electron chi connectivity index (χ0n) is 13.8. The van der Waals surface area contributed by atoms with Crippen LogP contribution in [0, 0.1) is 5.82 Å². The number of carbonyl (C=O) groups excluding carboxylic acids is 1. The van der Waals surface area contributed by atoms with Crippen molar-refractivity contribution in [1.29, 1.82) is 0 Å². The van der Waals surface area contributed by atoms with Crippen molar-refractivity contribution < 1.29 is 27.5 Å². The molecule has 1 amide bonds. The van der Waals surface area contributed by atoms with Gasteiger partial charge in [0.1, 0.15) is 17.0 Å². The molecule has 0 aliphatic rings. The van der Waals surface area contributed by atoms with Gasteiger partial charge in [-0.05, 0) is 23.8 Å². The molecule has 140 valence electrons. The summed E-state index contributed by atoms with van der Waals surface area (Å²) in [5.41, 5.74) is -1.42. The van der Waals surface area contributed by atoms with Gasteiger partial charge in [-0.25, -0.2) is 9.37 Å². The SMILES string of the molecule is O=C(NCC(O)c1ccccc1C(F)(F)F)c1ccc2cccc(F)c2n1. The molecule has 0 aliphatic heterocycles. The first-order chi connectivity index (χ1) is 12.8. The molecule has 2 N–H and O–H groups in total. The minimum atomic E-state index is -4.63. The van der Waals surface area contributed by atoms with E-state index in [4.69, 9.17) is 0 Å². The lowest BCUT2D eigenvalue weighted by atomic mass is 10.0. The number of fused-ring (bicyclic) bond motifs is 1. The average molecular weight is 378 g/mol. The van der Waals surface area contributed by atoms with E-state index in [1.54, 1.807) is 6.07 Å². The number of aliphatic hydroxyl groups excluding tert-OH is 1. The Bertz CT molecular complexity index is 989. The third-order valence-electron chi connectivity index (χ3n) is 3.98. The topological polar surface area (TPSA) is 62.2 Å². The zero-order chi connectivity index (χ0) is 19.6. The Hall–Kier alpha value is -3.00. The number of aliphatic hydroxyl groups is 1. The van der Waals surface area contributed by atoms with E-state index < -0.39 is 36.1 Å². The summed E-state index contributed by atoms with van der Waals surface area (Å²) in [5.74, 6) is -1.33. The Kier molecular flexibility index (Phi) is 5.09. The fraction of sp³-hybridized carbons (Fsp3) is 0.158. The molecule has 0 saturated heterocycles. The summed E-state index contributed by atoms with van der Waals surface area (Å²) in [6, 6.07) is 11.8. The molecule has 1 unspecified atom stereocenters. The van der Waals surface area contributed by atoms with Crippen LogP contribution in [0.3, 0.4) is 0 Å². The second-order valence-corrected chi connectivity index (χ2v) is 5.82. The number of para-hydroxylation sites is 1. The minimum Gasteiger partial charge on any atom is -0.387 e. The molecule has 3 rings (SSSR count). The number of nitrogens with one attached hydrogen (secondary N) is 1. The van der Waals surface area contributed by atoms with Gasteiger partial charge in [0.05, 0.1) is 11.7 Å². The highest BCUT2D eigenvalue weighted by atomic mass is 19.4. The summed E-state index contributed by atoms with van der Waals surface area (Å²) in [4.78, 5) is 16.1. The second kappa shape index (κ2) is 7.32. The number of hydrogen-bond donors (Lipinski definition) is 2. The fourth-order valence-corrected chi connectivity index (χ4v) is 2.67. The van der Waals surface area contributed by atoms with Crippen LogP contribution in [0.15, 0.2) is 54.6 Å². The molecule has 0 aliphatic carbocycles. The molecule has 0 fully saturated rings. The van der Waals surface area contributed by atoms with Crippen LogP contribution in [0.4, 0.5) is 17.6 Å². The number of benzene rings is 2. The largest absolute Gasteiger partial charge is 0.416 e. The second-order valence-electron chi connectivity index (χ2n) is 5.82. The molecule has 0 bridgehead atoms. The van der Waals surface area contributed by atoms with Gasteiger partial charge >= 0.3 is 6.18 Å². The van der Waals surface area contributed by atoms with Gasteiger partial charge in [-0.2, -0.15) is 13.2 Å². The van der Waals surface area contributed by atoms with Gasteiger partial charge in [0.25, 0.3) is 5.91 Å². The van der Waals surface area contributed by atoms with Crippen LogP contribution >= 0.6 is 0 Å². The van der Waals surface area contributed by atoms with E-state index in [2.05, 4.69) is 10.3 Å². The zero-order valence-corrected chi connectivity index (χ0v) is 13.8. The van der Waals surface area contributed by atoms with Crippen LogP contribution in [0.5, 0.6) is 0 Å². The average Bonchev–Trinajstić information content (AvgIpc) is 2.65. The van der Waals surface area contributed by atoms with Crippen LogP contribution in [0.1, 0.15) is 27.7 Å². The van der Waals surface area contributed by atoms with Crippen molar-refractivity contribution in [3.05, 3.63) is 77.2 Å². The summed E-state index contributed by atoms with van der Waals surface area (Å²) >= 11 is 0. The lowest BCUT2D eigenvalue weighted by Gasteiger charge is -2.17. The Labute approximate surface area is 151 Å². The summed E-state index contributed by atoms with van der Waals surface area (Å²) < 4.78 is 52.8. The minimum absolute atomic E-state index is 0.00751. The van der Waals surface area contributed by atoms with E-state index in [0.717, 1.165) is 12.1 Å². The number of carbonyl (C=O) groups is 1. The molecule has 0 radical (unpaired) electrons. The van der Waals surface area contributed by atoms with Crippen molar-refractivity contribution >= 4 is 16.8 Å². The van der Waals surface area contributed by atoms with Gasteiger partial charge in [-0.3, -0.25) is 4.79 Å². The Morgan fingerprint density at radius 3 is 2.56 bits per heavy atom. The summed E-state index contributed by atoms with van der Waals surface area (Å²) in [7, 11) is 0. The van der Waals surface area contributed by atoms with E-state index in [9.17, 15) is 27.5 Å². The van der Waals surface area contributed by atoms with Crippen molar-refractivity contribution in [2.45, 2.75) is 12.3 Å². The van der Waals surface area contributed by atoms with Gasteiger partial charge in [0.15, 0.2) is 0 Å². The Balaban J connectivity index is 1.76. The first kappa shape index (κ1) is 18.8. The normalized spacial score (nSPS) is 12.8. The predicted molar refractivity (Wildman–Crippen MR) is 90.4 cm³/mol. The highest BCUT2D eigenvalue weighted by Gasteiger charge is 2.34. The van der Waals surface area contributed by atoms with Crippen molar-refractivity contribution in [1.82, 2.24) is 10.3 Å². The van der Waals surface area contributed by atoms with Crippen molar-refractivity contribution in [3.8, 4) is 0 Å². The number of hydrogen-bond acceptors (Lipinski definition) is 3. The van der Waals surface area contributed by atoms with Crippen LogP contribution in [0.25, 0.3) is 10.9 Å². The number of rotatable bonds is 4. The van der Waals surface area contributed by atoms with E-state index in [0.29, 0.717) is 5.39 Å². The predicted octanol–water partition coefficient (Wildman–Crippen LogP) is 3.86. The maximum absolute atomic E-state index is 13.8. The number of amides is 1. The standard InChI is InChI=1S/C19H14F4N2O2/c20-14-7-3-4-11-8-9-15(25-17(11)14)18(27)24-10-16(26)12-5-1-2-6-13(12)19(21,22)23/h1-9,16,26H,10H2,(H,24,27). The number of nitrogens with zero attached hydrogens (tertiary/aromatic N) is 1. The lowest BCUT2D eigenvalue weighted by Crippen LogP contribution is -2.30. The smallest absolute Gasteiger partial charge is 0.387 e. The highest BCUT2D eigenvalue weighted by Crippen LogP contribution is 2.34. The van der Waals surface area contributed by atoms with Crippen molar-refractivity contribution in [3.63, 3.8) is 0 Å². The molecular weight excluding hydrogens is 364 g/mol. The van der Waals surface area contributed by atoms with Crippen LogP contribution in [-0.4, -0.2) is 22.5 Å². The van der Waals surface area contributed by atoms with Crippen LogP contribution < -0.4 is 5.32 Å².